The van der Waals surface area contributed by atoms with Crippen LogP contribution in [-0.2, 0) is 4.79 Å². The second kappa shape index (κ2) is 8.09. The van der Waals surface area contributed by atoms with Crippen molar-refractivity contribution in [2.24, 2.45) is 11.8 Å². The Hall–Kier alpha value is -1.30. The van der Waals surface area contributed by atoms with Crippen LogP contribution < -0.4 is 5.32 Å². The third-order valence-electron chi connectivity index (χ3n) is 3.66. The maximum atomic E-state index is 12.0. The molecule has 2 atom stereocenters. The molecule has 1 aliphatic heterocycles. The van der Waals surface area contributed by atoms with Crippen molar-refractivity contribution in [2.75, 3.05) is 19.7 Å². The van der Waals surface area contributed by atoms with Gasteiger partial charge in [-0.2, -0.15) is 0 Å². The van der Waals surface area contributed by atoms with Gasteiger partial charge in [0, 0.05) is 19.5 Å². The van der Waals surface area contributed by atoms with Crippen molar-refractivity contribution in [3.05, 3.63) is 0 Å². The molecular weight excluding hydrogens is 260 g/mol. The second-order valence-corrected chi connectivity index (χ2v) is 5.95. The summed E-state index contributed by atoms with van der Waals surface area (Å²) in [6.07, 6.45) is 2.58. The number of likely N-dealkylation sites (tertiary alicyclic amines) is 1. The summed E-state index contributed by atoms with van der Waals surface area (Å²) in [7, 11) is 0. The van der Waals surface area contributed by atoms with E-state index < -0.39 is 5.97 Å². The Kier molecular flexibility index (Phi) is 6.78. The Labute approximate surface area is 120 Å². The summed E-state index contributed by atoms with van der Waals surface area (Å²) in [5.41, 5.74) is 0. The average Bonchev–Trinajstić information content (AvgIpc) is 2.82. The fourth-order valence-electron chi connectivity index (χ4n) is 2.78. The number of rotatable bonds is 7. The number of carbonyl (C=O) groups excluding carboxylic acids is 1. The molecular formula is C14H26N2O4. The van der Waals surface area contributed by atoms with Crippen molar-refractivity contribution >= 4 is 12.0 Å². The molecule has 20 heavy (non-hydrogen) atoms. The first-order chi connectivity index (χ1) is 9.43. The quantitative estimate of drug-likeness (QED) is 0.658. The number of carboxylic acid groups (broad SMARTS) is 1. The number of aliphatic hydroxyl groups is 1. The van der Waals surface area contributed by atoms with E-state index in [4.69, 9.17) is 5.11 Å². The summed E-state index contributed by atoms with van der Waals surface area (Å²) in [5, 5.41) is 20.9. The number of aliphatic carboxylic acids is 1. The lowest BCUT2D eigenvalue weighted by Gasteiger charge is -2.25. The third-order valence-corrected chi connectivity index (χ3v) is 3.66. The molecule has 0 aliphatic carbocycles. The fourth-order valence-corrected chi connectivity index (χ4v) is 2.78. The molecule has 0 spiro atoms. The van der Waals surface area contributed by atoms with Crippen LogP contribution in [-0.4, -0.2) is 52.9 Å². The summed E-state index contributed by atoms with van der Waals surface area (Å²) >= 11 is 0. The highest BCUT2D eigenvalue weighted by Crippen LogP contribution is 2.18. The summed E-state index contributed by atoms with van der Waals surface area (Å²) in [5.74, 6) is -0.487. The SMILES string of the molecule is CC(C)C[C@H](CNC(=O)N1CCCC1CO)CC(=O)O. The number of hydrogen-bond acceptors (Lipinski definition) is 3. The summed E-state index contributed by atoms with van der Waals surface area (Å²) in [6, 6.07) is -0.293. The standard InChI is InChI=1S/C14H26N2O4/c1-10(2)6-11(7-13(18)19)8-15-14(20)16-5-3-4-12(16)9-17/h10-12,17H,3-9H2,1-2H3,(H,15,20)(H,18,19)/t11-,12?/m0/s1. The van der Waals surface area contributed by atoms with Gasteiger partial charge in [-0.25, -0.2) is 4.79 Å². The van der Waals surface area contributed by atoms with Crippen LogP contribution in [0.25, 0.3) is 0 Å². The van der Waals surface area contributed by atoms with Crippen LogP contribution in [0.1, 0.15) is 39.5 Å². The predicted octanol–water partition coefficient (Wildman–Crippen LogP) is 1.29. The van der Waals surface area contributed by atoms with Crippen molar-refractivity contribution in [1.82, 2.24) is 10.2 Å². The van der Waals surface area contributed by atoms with Crippen LogP contribution in [0.2, 0.25) is 0 Å². The van der Waals surface area contributed by atoms with Crippen LogP contribution in [0.4, 0.5) is 4.79 Å². The Morgan fingerprint density at radius 3 is 2.65 bits per heavy atom. The number of urea groups is 1. The minimum atomic E-state index is -0.834. The van der Waals surface area contributed by atoms with Gasteiger partial charge >= 0.3 is 12.0 Å². The first kappa shape index (κ1) is 16.8. The molecule has 6 heteroatoms. The number of carboxylic acids is 1. The predicted molar refractivity (Wildman–Crippen MR) is 75.4 cm³/mol. The van der Waals surface area contributed by atoms with E-state index in [1.54, 1.807) is 4.90 Å². The van der Waals surface area contributed by atoms with E-state index in [0.29, 0.717) is 19.0 Å². The number of hydrogen-bond donors (Lipinski definition) is 3. The van der Waals surface area contributed by atoms with Gasteiger partial charge in [0.2, 0.25) is 0 Å². The molecule has 0 aromatic carbocycles. The van der Waals surface area contributed by atoms with Gasteiger partial charge in [0.05, 0.1) is 12.6 Å². The molecule has 0 saturated carbocycles. The summed E-state index contributed by atoms with van der Waals surface area (Å²) in [6.45, 7) is 5.10. The lowest BCUT2D eigenvalue weighted by molar-refractivity contribution is -0.138. The molecule has 1 aliphatic rings. The Morgan fingerprint density at radius 1 is 1.40 bits per heavy atom. The normalized spacial score (nSPS) is 20.2. The van der Waals surface area contributed by atoms with E-state index in [1.807, 2.05) is 13.8 Å². The average molecular weight is 286 g/mol. The summed E-state index contributed by atoms with van der Waals surface area (Å²) < 4.78 is 0. The third kappa shape index (κ3) is 5.36. The van der Waals surface area contributed by atoms with Crippen LogP contribution in [0.15, 0.2) is 0 Å². The minimum Gasteiger partial charge on any atom is -0.481 e. The van der Waals surface area contributed by atoms with E-state index in [9.17, 15) is 14.7 Å². The second-order valence-electron chi connectivity index (χ2n) is 5.95. The first-order valence-electron chi connectivity index (χ1n) is 7.31. The van der Waals surface area contributed by atoms with Gasteiger partial charge in [-0.15, -0.1) is 0 Å². The summed E-state index contributed by atoms with van der Waals surface area (Å²) in [4.78, 5) is 24.5. The molecule has 1 heterocycles. The molecule has 1 fully saturated rings. The number of amides is 2. The van der Waals surface area contributed by atoms with Gasteiger partial charge < -0.3 is 20.4 Å². The highest BCUT2D eigenvalue weighted by molar-refractivity contribution is 5.75. The van der Waals surface area contributed by atoms with Gasteiger partial charge in [0.1, 0.15) is 0 Å². The van der Waals surface area contributed by atoms with Crippen LogP contribution in [0.5, 0.6) is 0 Å². The lowest BCUT2D eigenvalue weighted by atomic mass is 9.94. The van der Waals surface area contributed by atoms with Crippen molar-refractivity contribution in [3.63, 3.8) is 0 Å². The van der Waals surface area contributed by atoms with E-state index in [0.717, 1.165) is 19.3 Å². The highest BCUT2D eigenvalue weighted by atomic mass is 16.4. The van der Waals surface area contributed by atoms with Gasteiger partial charge in [-0.05, 0) is 31.1 Å². The largest absolute Gasteiger partial charge is 0.481 e. The van der Waals surface area contributed by atoms with Gasteiger partial charge in [0.15, 0.2) is 0 Å². The van der Waals surface area contributed by atoms with E-state index in [-0.39, 0.29) is 31.0 Å². The molecule has 0 radical (unpaired) electrons. The van der Waals surface area contributed by atoms with Crippen molar-refractivity contribution in [3.8, 4) is 0 Å². The maximum absolute atomic E-state index is 12.0. The Morgan fingerprint density at radius 2 is 2.10 bits per heavy atom. The number of carbonyl (C=O) groups is 2. The molecule has 6 nitrogen and oxygen atoms in total. The van der Waals surface area contributed by atoms with Crippen LogP contribution in [0, 0.1) is 11.8 Å². The van der Waals surface area contributed by atoms with E-state index in [1.165, 1.54) is 0 Å². The van der Waals surface area contributed by atoms with Crippen molar-refractivity contribution < 1.29 is 19.8 Å². The molecule has 0 bridgehead atoms. The fraction of sp³-hybridized carbons (Fsp3) is 0.857. The number of nitrogens with one attached hydrogen (secondary N) is 1. The zero-order valence-corrected chi connectivity index (χ0v) is 12.3. The minimum absolute atomic E-state index is 0.0159. The molecule has 1 saturated heterocycles. The van der Waals surface area contributed by atoms with Crippen LogP contribution >= 0.6 is 0 Å². The van der Waals surface area contributed by atoms with Crippen molar-refractivity contribution in [1.29, 1.82) is 0 Å². The zero-order chi connectivity index (χ0) is 15.1. The van der Waals surface area contributed by atoms with Crippen molar-refractivity contribution in [2.45, 2.75) is 45.6 Å². The first-order valence-corrected chi connectivity index (χ1v) is 7.31. The topological polar surface area (TPSA) is 89.9 Å². The van der Waals surface area contributed by atoms with Gasteiger partial charge in [-0.1, -0.05) is 13.8 Å². The van der Waals surface area contributed by atoms with Gasteiger partial charge in [-0.3, -0.25) is 4.79 Å². The Bertz CT molecular complexity index is 333. The molecule has 0 aromatic heterocycles. The molecule has 3 N–H and O–H groups in total. The number of aliphatic hydroxyl groups excluding tert-OH is 1. The smallest absolute Gasteiger partial charge is 0.317 e. The van der Waals surface area contributed by atoms with Crippen LogP contribution in [0.3, 0.4) is 0 Å². The zero-order valence-electron chi connectivity index (χ0n) is 12.3. The van der Waals surface area contributed by atoms with E-state index in [2.05, 4.69) is 5.32 Å². The number of nitrogens with zero attached hydrogens (tertiary/aromatic N) is 1. The molecule has 116 valence electrons. The lowest BCUT2D eigenvalue weighted by Crippen LogP contribution is -2.45. The molecule has 0 aromatic rings. The maximum Gasteiger partial charge on any atom is 0.317 e. The van der Waals surface area contributed by atoms with E-state index >= 15 is 0 Å². The molecule has 1 unspecified atom stereocenters. The molecule has 2 amide bonds. The monoisotopic (exact) mass is 286 g/mol. The Balaban J connectivity index is 2.45. The van der Waals surface area contributed by atoms with Gasteiger partial charge in [0.25, 0.3) is 0 Å². The highest BCUT2D eigenvalue weighted by Gasteiger charge is 2.28. The molecule has 1 rings (SSSR count).